The van der Waals surface area contributed by atoms with Gasteiger partial charge in [-0.1, -0.05) is 245 Å². The predicted molar refractivity (Wildman–Crippen MR) is 285 cm³/mol. The van der Waals surface area contributed by atoms with Crippen LogP contribution < -0.4 is 0 Å². The summed E-state index contributed by atoms with van der Waals surface area (Å²) in [5.74, 6) is -3.09. The van der Waals surface area contributed by atoms with Crippen LogP contribution in [-0.2, 0) is 42.9 Å². The van der Waals surface area contributed by atoms with Crippen molar-refractivity contribution in [3.8, 4) is 0 Å². The molecule has 1 rings (SSSR count). The molecule has 6 atom stereocenters. The molecule has 71 heavy (non-hydrogen) atoms. The summed E-state index contributed by atoms with van der Waals surface area (Å²) in [5.41, 5.74) is 0. The van der Waals surface area contributed by atoms with Crippen molar-refractivity contribution in [1.82, 2.24) is 0 Å². The summed E-state index contributed by atoms with van der Waals surface area (Å²) in [5, 5.41) is 31.4. The van der Waals surface area contributed by atoms with E-state index in [1.54, 1.807) is 0 Å². The molecule has 6 unspecified atom stereocenters. The molecular weight excluding hydrogens is 901 g/mol. The lowest BCUT2D eigenvalue weighted by atomic mass is 9.98. The topological polar surface area (TPSA) is 175 Å². The van der Waals surface area contributed by atoms with Crippen LogP contribution in [0.4, 0.5) is 0 Å². The number of hydrogen-bond donors (Lipinski definition) is 3. The van der Waals surface area contributed by atoms with Crippen molar-refractivity contribution in [2.75, 3.05) is 13.2 Å². The molecule has 3 N–H and O–H groups in total. The van der Waals surface area contributed by atoms with Crippen LogP contribution in [-0.4, -0.2) is 89.2 Å². The van der Waals surface area contributed by atoms with Gasteiger partial charge in [-0.3, -0.25) is 14.4 Å². The van der Waals surface area contributed by atoms with Crippen molar-refractivity contribution in [3.05, 3.63) is 12.2 Å². The van der Waals surface area contributed by atoms with Gasteiger partial charge in [-0.05, 0) is 38.5 Å². The van der Waals surface area contributed by atoms with Crippen molar-refractivity contribution < 1.29 is 58.2 Å². The second-order valence-corrected chi connectivity index (χ2v) is 20.6. The molecule has 12 heteroatoms. The number of carboxylic acid groups (broad SMARTS) is 1. The normalized spacial score (nSPS) is 18.5. The van der Waals surface area contributed by atoms with Crippen LogP contribution in [0.1, 0.15) is 290 Å². The Balaban J connectivity index is 2.67. The van der Waals surface area contributed by atoms with Gasteiger partial charge in [0.2, 0.25) is 0 Å². The van der Waals surface area contributed by atoms with E-state index in [1.807, 2.05) is 0 Å². The summed E-state index contributed by atoms with van der Waals surface area (Å²) in [6, 6.07) is 0. The molecule has 0 aromatic heterocycles. The third-order valence-corrected chi connectivity index (χ3v) is 13.8. The number of aliphatic hydroxyl groups is 2. The quantitative estimate of drug-likeness (QED) is 0.0228. The van der Waals surface area contributed by atoms with Crippen LogP contribution in [0, 0.1) is 0 Å². The van der Waals surface area contributed by atoms with E-state index in [-0.39, 0.29) is 25.9 Å². The van der Waals surface area contributed by atoms with Gasteiger partial charge in [-0.15, -0.1) is 0 Å². The Kier molecular flexibility index (Phi) is 45.3. The molecule has 1 fully saturated rings. The van der Waals surface area contributed by atoms with E-state index >= 15 is 0 Å². The molecule has 0 bridgehead atoms. The molecule has 1 heterocycles. The van der Waals surface area contributed by atoms with Gasteiger partial charge in [0, 0.05) is 19.3 Å². The Labute approximate surface area is 433 Å². The lowest BCUT2D eigenvalue weighted by Gasteiger charge is -2.40. The van der Waals surface area contributed by atoms with Gasteiger partial charge in [-0.2, -0.15) is 0 Å². The first-order valence-corrected chi connectivity index (χ1v) is 29.7. The maximum absolute atomic E-state index is 13.1. The molecule has 1 saturated heterocycles. The number of esters is 3. The highest BCUT2D eigenvalue weighted by Gasteiger charge is 2.50. The molecule has 1 aliphatic heterocycles. The van der Waals surface area contributed by atoms with E-state index in [1.165, 1.54) is 154 Å². The van der Waals surface area contributed by atoms with Crippen LogP contribution in [0.2, 0.25) is 0 Å². The molecule has 0 radical (unpaired) electrons. The number of hydrogen-bond acceptors (Lipinski definition) is 11. The minimum atomic E-state index is -1.90. The number of aliphatic carboxylic acids is 1. The number of carboxylic acids is 1. The smallest absolute Gasteiger partial charge is 0.335 e. The minimum absolute atomic E-state index is 0.0557. The van der Waals surface area contributed by atoms with Crippen molar-refractivity contribution in [1.29, 1.82) is 0 Å². The number of carbonyl (C=O) groups excluding carboxylic acids is 3. The van der Waals surface area contributed by atoms with Crippen molar-refractivity contribution in [2.45, 2.75) is 327 Å². The van der Waals surface area contributed by atoms with Crippen LogP contribution in [0.15, 0.2) is 12.2 Å². The van der Waals surface area contributed by atoms with E-state index in [0.29, 0.717) is 19.3 Å². The molecule has 1 aliphatic rings. The largest absolute Gasteiger partial charge is 0.479 e. The van der Waals surface area contributed by atoms with Gasteiger partial charge in [-0.25, -0.2) is 4.79 Å². The Morgan fingerprint density at radius 1 is 0.451 bits per heavy atom. The van der Waals surface area contributed by atoms with Crippen LogP contribution in [0.25, 0.3) is 0 Å². The van der Waals surface area contributed by atoms with E-state index in [9.17, 15) is 34.5 Å². The van der Waals surface area contributed by atoms with Gasteiger partial charge < -0.3 is 39.0 Å². The fourth-order valence-corrected chi connectivity index (χ4v) is 9.23. The Hall–Kier alpha value is -2.54. The summed E-state index contributed by atoms with van der Waals surface area (Å²) in [7, 11) is 0. The minimum Gasteiger partial charge on any atom is -0.479 e. The fourth-order valence-electron chi connectivity index (χ4n) is 9.23. The average Bonchev–Trinajstić information content (AvgIpc) is 3.35. The fraction of sp³-hybridized carbons (Fsp3) is 0.898. The summed E-state index contributed by atoms with van der Waals surface area (Å²) < 4.78 is 28.4. The zero-order chi connectivity index (χ0) is 51.8. The first-order valence-electron chi connectivity index (χ1n) is 29.7. The Morgan fingerprint density at radius 2 is 0.817 bits per heavy atom. The average molecular weight is 1010 g/mol. The molecule has 12 nitrogen and oxygen atoms in total. The van der Waals surface area contributed by atoms with Gasteiger partial charge in [0.05, 0.1) is 6.61 Å². The van der Waals surface area contributed by atoms with Gasteiger partial charge in [0.25, 0.3) is 0 Å². The maximum atomic E-state index is 13.1. The molecule has 416 valence electrons. The first kappa shape index (κ1) is 66.5. The lowest BCUT2D eigenvalue weighted by molar-refractivity contribution is -0.301. The highest BCUT2D eigenvalue weighted by atomic mass is 16.7. The Morgan fingerprint density at radius 3 is 1.24 bits per heavy atom. The van der Waals surface area contributed by atoms with Gasteiger partial charge in [0.15, 0.2) is 24.6 Å². The summed E-state index contributed by atoms with van der Waals surface area (Å²) in [6.07, 6.45) is 40.4. The van der Waals surface area contributed by atoms with Crippen LogP contribution in [0.3, 0.4) is 0 Å². The monoisotopic (exact) mass is 1010 g/mol. The van der Waals surface area contributed by atoms with Crippen molar-refractivity contribution in [3.63, 3.8) is 0 Å². The van der Waals surface area contributed by atoms with E-state index in [4.69, 9.17) is 23.7 Å². The highest BCUT2D eigenvalue weighted by Crippen LogP contribution is 2.27. The number of unbranched alkanes of at least 4 members (excludes halogenated alkanes) is 35. The maximum Gasteiger partial charge on any atom is 0.335 e. The molecule has 0 saturated carbocycles. The summed E-state index contributed by atoms with van der Waals surface area (Å²) in [6.45, 7) is 5.98. The molecular formula is C59H108O12. The number of aliphatic hydroxyl groups excluding tert-OH is 2. The Bertz CT molecular complexity index is 1290. The number of carbonyl (C=O) groups is 4. The third-order valence-electron chi connectivity index (χ3n) is 13.8. The van der Waals surface area contributed by atoms with Crippen molar-refractivity contribution >= 4 is 23.9 Å². The van der Waals surface area contributed by atoms with E-state index in [2.05, 4.69) is 32.9 Å². The molecule has 0 aromatic rings. The number of rotatable bonds is 51. The van der Waals surface area contributed by atoms with E-state index in [0.717, 1.165) is 77.0 Å². The molecule has 0 amide bonds. The highest BCUT2D eigenvalue weighted by molar-refractivity contribution is 5.74. The third kappa shape index (κ3) is 38.7. The molecule has 0 spiro atoms. The van der Waals surface area contributed by atoms with Crippen molar-refractivity contribution in [2.24, 2.45) is 0 Å². The zero-order valence-electron chi connectivity index (χ0n) is 45.7. The van der Waals surface area contributed by atoms with Crippen LogP contribution in [0.5, 0.6) is 0 Å². The molecule has 0 aromatic carbocycles. The van der Waals surface area contributed by atoms with Gasteiger partial charge >= 0.3 is 23.9 Å². The first-order chi connectivity index (χ1) is 34.6. The number of ether oxygens (including phenoxy) is 5. The van der Waals surface area contributed by atoms with E-state index < -0.39 is 67.3 Å². The lowest BCUT2D eigenvalue weighted by Crippen LogP contribution is -2.61. The summed E-state index contributed by atoms with van der Waals surface area (Å²) >= 11 is 0. The molecule has 0 aliphatic carbocycles. The SMILES string of the molecule is CCCC/C=C\CCCCCCCC(=O)OC1C(OCC(COC(=O)CCCCCCCCCCCCCCCCC)OC(=O)CCCCCCCCCCCCCCCCC)OC(C(=O)O)C(O)C1O. The second kappa shape index (κ2) is 48.4. The standard InChI is InChI=1S/C59H108O12/c1-4-7-10-13-16-19-22-24-26-28-31-33-36-39-42-45-51(60)67-48-50(69-52(61)46-43-40-37-35-32-29-27-25-23-20-17-14-11-8-5-2)49-68-59-57(55(64)54(63)56(71-59)58(65)66)70-53(62)47-44-41-38-34-30-21-18-15-12-9-6-3/h15,18,50,54-57,59,63-64H,4-14,16-17,19-49H2,1-3H3,(H,65,66)/b18-15-. The zero-order valence-corrected chi connectivity index (χ0v) is 45.7. The predicted octanol–water partition coefficient (Wildman–Crippen LogP) is 14.9. The summed E-state index contributed by atoms with van der Waals surface area (Å²) in [4.78, 5) is 51.0. The second-order valence-electron chi connectivity index (χ2n) is 20.6. The number of allylic oxidation sites excluding steroid dienone is 2. The van der Waals surface area contributed by atoms with Gasteiger partial charge in [0.1, 0.15) is 18.8 Å². The van der Waals surface area contributed by atoms with Crippen LogP contribution >= 0.6 is 0 Å².